The van der Waals surface area contributed by atoms with Crippen molar-refractivity contribution in [2.75, 3.05) is 20.8 Å². The summed E-state index contributed by atoms with van der Waals surface area (Å²) < 4.78 is 10.2. The molecule has 19 heavy (non-hydrogen) atoms. The van der Waals surface area contributed by atoms with E-state index in [4.69, 9.17) is 9.47 Å². The number of carbonyl (C=O) groups excluding carboxylic acids is 2. The van der Waals surface area contributed by atoms with Crippen molar-refractivity contribution >= 4 is 11.7 Å². The van der Waals surface area contributed by atoms with Crippen molar-refractivity contribution in [1.82, 2.24) is 5.32 Å². The Kier molecular flexibility index (Phi) is 5.36. The summed E-state index contributed by atoms with van der Waals surface area (Å²) in [5.41, 5.74) is 0.394. The van der Waals surface area contributed by atoms with Gasteiger partial charge in [-0.05, 0) is 18.2 Å². The quantitative estimate of drug-likeness (QED) is 0.794. The number of nitrogens with one attached hydrogen (secondary N) is 1. The maximum Gasteiger partial charge on any atom is 0.222 e. The zero-order valence-electron chi connectivity index (χ0n) is 11.6. The second-order valence-electron chi connectivity index (χ2n) is 4.36. The predicted molar refractivity (Wildman–Crippen MR) is 71.7 cm³/mol. The molecule has 0 aromatic heterocycles. The first-order chi connectivity index (χ1) is 8.99. The van der Waals surface area contributed by atoms with E-state index in [-0.39, 0.29) is 24.2 Å². The Morgan fingerprint density at radius 1 is 1.21 bits per heavy atom. The number of hydrogen-bond acceptors (Lipinski definition) is 4. The van der Waals surface area contributed by atoms with Gasteiger partial charge in [-0.2, -0.15) is 0 Å². The number of hydrogen-bond donors (Lipinski definition) is 1. The van der Waals surface area contributed by atoms with Gasteiger partial charge in [-0.1, -0.05) is 13.8 Å². The first-order valence-corrected chi connectivity index (χ1v) is 6.02. The van der Waals surface area contributed by atoms with E-state index >= 15 is 0 Å². The van der Waals surface area contributed by atoms with Crippen molar-refractivity contribution in [3.05, 3.63) is 23.8 Å². The summed E-state index contributed by atoms with van der Waals surface area (Å²) in [6.07, 6.45) is 0. The fourth-order valence-electron chi connectivity index (χ4n) is 1.50. The van der Waals surface area contributed by atoms with Gasteiger partial charge in [0, 0.05) is 5.92 Å². The topological polar surface area (TPSA) is 64.6 Å². The Hall–Kier alpha value is -2.04. The largest absolute Gasteiger partial charge is 0.497 e. The molecule has 104 valence electrons. The molecule has 0 saturated carbocycles. The SMILES string of the molecule is COc1ccc(OC)c(C(=O)CNC(=O)C(C)C)c1. The molecule has 1 aromatic rings. The van der Waals surface area contributed by atoms with Gasteiger partial charge in [0.25, 0.3) is 0 Å². The van der Waals surface area contributed by atoms with Crippen LogP contribution in [0.2, 0.25) is 0 Å². The number of methoxy groups -OCH3 is 2. The number of benzene rings is 1. The van der Waals surface area contributed by atoms with Gasteiger partial charge < -0.3 is 14.8 Å². The normalized spacial score (nSPS) is 10.2. The molecule has 0 atom stereocenters. The van der Waals surface area contributed by atoms with E-state index in [9.17, 15) is 9.59 Å². The van der Waals surface area contributed by atoms with Gasteiger partial charge in [0.05, 0.1) is 26.3 Å². The minimum absolute atomic E-state index is 0.0550. The molecular weight excluding hydrogens is 246 g/mol. The molecule has 0 bridgehead atoms. The zero-order valence-corrected chi connectivity index (χ0v) is 11.6. The molecule has 0 spiro atoms. The molecule has 0 saturated heterocycles. The standard InChI is InChI=1S/C14H19NO4/c1-9(2)14(17)15-8-12(16)11-7-10(18-3)5-6-13(11)19-4/h5-7,9H,8H2,1-4H3,(H,15,17). The molecule has 0 fully saturated rings. The number of rotatable bonds is 6. The third-order valence-corrected chi connectivity index (χ3v) is 2.65. The summed E-state index contributed by atoms with van der Waals surface area (Å²) in [6.45, 7) is 3.48. The molecule has 1 rings (SSSR count). The van der Waals surface area contributed by atoms with Crippen LogP contribution in [0.25, 0.3) is 0 Å². The van der Waals surface area contributed by atoms with Crippen LogP contribution in [0.5, 0.6) is 11.5 Å². The Balaban J connectivity index is 2.83. The summed E-state index contributed by atoms with van der Waals surface area (Å²) in [5.74, 6) is 0.504. The van der Waals surface area contributed by atoms with Crippen LogP contribution < -0.4 is 14.8 Å². The summed E-state index contributed by atoms with van der Waals surface area (Å²) in [6, 6.07) is 4.97. The molecule has 0 unspecified atom stereocenters. The van der Waals surface area contributed by atoms with E-state index in [1.54, 1.807) is 32.0 Å². The van der Waals surface area contributed by atoms with Gasteiger partial charge >= 0.3 is 0 Å². The minimum atomic E-state index is -0.218. The third-order valence-electron chi connectivity index (χ3n) is 2.65. The van der Waals surface area contributed by atoms with E-state index in [2.05, 4.69) is 5.32 Å². The van der Waals surface area contributed by atoms with Gasteiger partial charge in [0.1, 0.15) is 11.5 Å². The van der Waals surface area contributed by atoms with Crippen LogP contribution >= 0.6 is 0 Å². The lowest BCUT2D eigenvalue weighted by atomic mass is 10.1. The summed E-state index contributed by atoms with van der Waals surface area (Å²) >= 11 is 0. The lowest BCUT2D eigenvalue weighted by Crippen LogP contribution is -2.32. The van der Waals surface area contributed by atoms with Crippen molar-refractivity contribution < 1.29 is 19.1 Å². The van der Waals surface area contributed by atoms with Crippen LogP contribution in [-0.4, -0.2) is 32.5 Å². The molecule has 0 aliphatic heterocycles. The highest BCUT2D eigenvalue weighted by atomic mass is 16.5. The smallest absolute Gasteiger partial charge is 0.222 e. The molecule has 1 amide bonds. The Bertz CT molecular complexity index is 469. The monoisotopic (exact) mass is 265 g/mol. The first-order valence-electron chi connectivity index (χ1n) is 6.02. The predicted octanol–water partition coefficient (Wildman–Crippen LogP) is 1.66. The number of ether oxygens (including phenoxy) is 2. The van der Waals surface area contributed by atoms with Crippen LogP contribution in [0, 0.1) is 5.92 Å². The van der Waals surface area contributed by atoms with Gasteiger partial charge in [0.15, 0.2) is 5.78 Å². The van der Waals surface area contributed by atoms with Crippen LogP contribution in [-0.2, 0) is 4.79 Å². The lowest BCUT2D eigenvalue weighted by Gasteiger charge is -2.11. The molecule has 5 heteroatoms. The minimum Gasteiger partial charge on any atom is -0.497 e. The highest BCUT2D eigenvalue weighted by Crippen LogP contribution is 2.24. The molecule has 1 N–H and O–H groups in total. The van der Waals surface area contributed by atoms with Crippen LogP contribution in [0.3, 0.4) is 0 Å². The summed E-state index contributed by atoms with van der Waals surface area (Å²) in [4.78, 5) is 23.5. The summed E-state index contributed by atoms with van der Waals surface area (Å²) in [7, 11) is 3.02. The Morgan fingerprint density at radius 3 is 2.42 bits per heavy atom. The van der Waals surface area contributed by atoms with Crippen LogP contribution in [0.1, 0.15) is 24.2 Å². The van der Waals surface area contributed by atoms with Crippen molar-refractivity contribution in [2.24, 2.45) is 5.92 Å². The van der Waals surface area contributed by atoms with Gasteiger partial charge in [-0.3, -0.25) is 9.59 Å². The average molecular weight is 265 g/mol. The van der Waals surface area contributed by atoms with E-state index in [0.29, 0.717) is 17.1 Å². The Labute approximate surface area is 112 Å². The fourth-order valence-corrected chi connectivity index (χ4v) is 1.50. The Morgan fingerprint density at radius 2 is 1.89 bits per heavy atom. The van der Waals surface area contributed by atoms with Crippen molar-refractivity contribution in [2.45, 2.75) is 13.8 Å². The highest BCUT2D eigenvalue weighted by Gasteiger charge is 2.15. The highest BCUT2D eigenvalue weighted by molar-refractivity contribution is 6.02. The lowest BCUT2D eigenvalue weighted by molar-refractivity contribution is -0.123. The van der Waals surface area contributed by atoms with Gasteiger partial charge in [0.2, 0.25) is 5.91 Å². The maximum atomic E-state index is 12.1. The van der Waals surface area contributed by atoms with E-state index < -0.39 is 0 Å². The maximum absolute atomic E-state index is 12.1. The molecule has 0 heterocycles. The number of ketones is 1. The van der Waals surface area contributed by atoms with E-state index in [0.717, 1.165) is 0 Å². The van der Waals surface area contributed by atoms with Gasteiger partial charge in [-0.15, -0.1) is 0 Å². The van der Waals surface area contributed by atoms with Crippen LogP contribution in [0.15, 0.2) is 18.2 Å². The molecular formula is C14H19NO4. The van der Waals surface area contributed by atoms with Crippen molar-refractivity contribution in [3.63, 3.8) is 0 Å². The number of amides is 1. The first kappa shape index (κ1) is 15.0. The molecule has 0 radical (unpaired) electrons. The molecule has 5 nitrogen and oxygen atoms in total. The molecule has 1 aromatic carbocycles. The second kappa shape index (κ2) is 6.78. The van der Waals surface area contributed by atoms with Gasteiger partial charge in [-0.25, -0.2) is 0 Å². The third kappa shape index (κ3) is 3.98. The molecule has 0 aliphatic carbocycles. The fraction of sp³-hybridized carbons (Fsp3) is 0.429. The summed E-state index contributed by atoms with van der Waals surface area (Å²) in [5, 5.41) is 2.58. The number of Topliss-reactive ketones (excluding diaryl/α,β-unsaturated/α-hetero) is 1. The second-order valence-corrected chi connectivity index (χ2v) is 4.36. The zero-order chi connectivity index (χ0) is 14.4. The van der Waals surface area contributed by atoms with Crippen molar-refractivity contribution in [3.8, 4) is 11.5 Å². The van der Waals surface area contributed by atoms with Crippen molar-refractivity contribution in [1.29, 1.82) is 0 Å². The molecule has 0 aliphatic rings. The van der Waals surface area contributed by atoms with Crippen LogP contribution in [0.4, 0.5) is 0 Å². The average Bonchev–Trinajstić information content (AvgIpc) is 2.43. The van der Waals surface area contributed by atoms with E-state index in [1.807, 2.05) is 0 Å². The van der Waals surface area contributed by atoms with E-state index in [1.165, 1.54) is 14.2 Å². The number of carbonyl (C=O) groups is 2.